The molecule has 0 N–H and O–H groups in total. The van der Waals surface area contributed by atoms with Crippen LogP contribution in [0.25, 0.3) is 76.5 Å². The van der Waals surface area contributed by atoms with Crippen LogP contribution in [0, 0.1) is 0 Å². The summed E-state index contributed by atoms with van der Waals surface area (Å²) in [6.45, 7) is 0. The predicted molar refractivity (Wildman–Crippen MR) is 141 cm³/mol. The highest BCUT2D eigenvalue weighted by Gasteiger charge is 2.17. The minimum atomic E-state index is -0.773. The van der Waals surface area contributed by atoms with Crippen LogP contribution in [0.2, 0.25) is 0 Å². The molecule has 8 aromatic rings. The molecule has 0 saturated carbocycles. The molecule has 0 saturated heterocycles. The Kier molecular flexibility index (Phi) is 1.53. The summed E-state index contributed by atoms with van der Waals surface area (Å²) in [5.41, 5.74) is -2.53. The highest BCUT2D eigenvalue weighted by atomic mass is 16.3. The molecule has 0 bridgehead atoms. The lowest BCUT2D eigenvalue weighted by atomic mass is 9.91. The van der Waals surface area contributed by atoms with Crippen molar-refractivity contribution in [2.75, 3.05) is 0 Å². The van der Waals surface area contributed by atoms with Gasteiger partial charge in [0.05, 0.1) is 24.7 Å². The first kappa shape index (κ1) is 8.03. The van der Waals surface area contributed by atoms with Gasteiger partial charge in [-0.05, 0) is 68.9 Å². The first-order chi connectivity index (χ1) is 24.4. The first-order valence-corrected chi connectivity index (χ1v) is 10.1. The molecule has 0 aliphatic rings. The van der Waals surface area contributed by atoms with E-state index in [4.69, 9.17) is 29.4 Å². The lowest BCUT2D eigenvalue weighted by Crippen LogP contribution is -1.85. The summed E-state index contributed by atoms with van der Waals surface area (Å²) >= 11 is 0. The third kappa shape index (κ3) is 2.35. The molecule has 6 aromatic carbocycles. The zero-order valence-corrected chi connectivity index (χ0v) is 16.8. The molecule has 0 aliphatic carbocycles. The average Bonchev–Trinajstić information content (AvgIpc) is 3.71. The van der Waals surface area contributed by atoms with Gasteiger partial charge in [0, 0.05) is 21.5 Å². The van der Waals surface area contributed by atoms with Crippen molar-refractivity contribution in [2.45, 2.75) is 0 Å². The second-order valence-corrected chi connectivity index (χ2v) is 7.52. The molecule has 158 valence electrons. The normalized spacial score (nSPS) is 19.5. The van der Waals surface area contributed by atoms with Gasteiger partial charge in [-0.2, -0.15) is 0 Å². The predicted octanol–water partition coefficient (Wildman–Crippen LogP) is 9.46. The number of hydrogen-bond acceptors (Lipinski definition) is 2. The minimum absolute atomic E-state index is 0.130. The summed E-state index contributed by atoms with van der Waals surface area (Å²) in [6, 6.07) is -12.3. The van der Waals surface area contributed by atoms with E-state index in [0.29, 0.717) is 0 Å². The van der Waals surface area contributed by atoms with Crippen LogP contribution in [-0.2, 0) is 0 Å². The van der Waals surface area contributed by atoms with E-state index in [9.17, 15) is 4.11 Å². The van der Waals surface area contributed by atoms with Crippen LogP contribution in [0.3, 0.4) is 0 Å². The van der Waals surface area contributed by atoms with Gasteiger partial charge in [-0.1, -0.05) is 72.5 Å². The monoisotopic (exact) mass is 452 g/mol. The van der Waals surface area contributed by atoms with E-state index < -0.39 is 147 Å². The topological polar surface area (TPSA) is 26.3 Å². The minimum Gasteiger partial charge on any atom is -0.456 e. The maximum atomic E-state index is 9.41. The molecule has 0 fully saturated rings. The molecule has 8 rings (SSSR count). The van der Waals surface area contributed by atoms with Crippen molar-refractivity contribution in [3.8, 4) is 11.1 Å². The molecule has 0 radical (unpaired) electrons. The fraction of sp³-hybridized carbons (Fsp3) is 0. The van der Waals surface area contributed by atoms with Gasteiger partial charge in [-0.25, -0.2) is 0 Å². The number of hydrogen-bond donors (Lipinski definition) is 0. The van der Waals surface area contributed by atoms with E-state index in [2.05, 4.69) is 0 Å². The number of para-hydroxylation sites is 1. The lowest BCUT2D eigenvalue weighted by Gasteiger charge is -2.12. The van der Waals surface area contributed by atoms with Crippen LogP contribution in [-0.4, -0.2) is 0 Å². The second-order valence-electron chi connectivity index (χ2n) is 7.52. The second kappa shape index (κ2) is 6.49. The van der Waals surface area contributed by atoms with E-state index in [0.717, 1.165) is 0 Å². The Morgan fingerprint density at radius 3 is 1.71 bits per heavy atom. The zero-order chi connectivity index (χ0) is 37.9. The van der Waals surface area contributed by atoms with Crippen LogP contribution in [0.1, 0.15) is 24.7 Å². The Balaban J connectivity index is 1.68. The van der Waals surface area contributed by atoms with Gasteiger partial charge < -0.3 is 8.83 Å². The van der Waals surface area contributed by atoms with Gasteiger partial charge in [-0.3, -0.25) is 0 Å². The molecular weight excluding hydrogens is 416 g/mol. The summed E-state index contributed by atoms with van der Waals surface area (Å²) in [6.07, 6.45) is 0. The van der Waals surface area contributed by atoms with Gasteiger partial charge in [0.25, 0.3) is 0 Å². The van der Waals surface area contributed by atoms with Crippen molar-refractivity contribution in [1.82, 2.24) is 0 Å². The van der Waals surface area contributed by atoms with Crippen molar-refractivity contribution in [3.05, 3.63) is 109 Å². The summed E-state index contributed by atoms with van der Waals surface area (Å²) in [5, 5.41) is -2.57. The highest BCUT2D eigenvalue weighted by Crippen LogP contribution is 2.42. The lowest BCUT2D eigenvalue weighted by molar-refractivity contribution is 0.663. The van der Waals surface area contributed by atoms with Crippen molar-refractivity contribution >= 4 is 65.4 Å². The van der Waals surface area contributed by atoms with E-state index in [1.54, 1.807) is 0 Å². The molecule has 0 atom stereocenters. The summed E-state index contributed by atoms with van der Waals surface area (Å²) < 4.78 is 168. The standard InChI is InChI=1S/C32H18O2/c1-3-9-22-19(7-1)17-20-8-2-4-10-23(20)30(22)21-13-14-25-29(18-21)34-28-16-15-27-31(32(25)28)24-11-5-6-12-26(24)33-27/h1-18H/i1D,2D,3D,4D,5D,6D,7D,8D,9D,10D,11D,12D,13D,14D,15D,16D,17D,18D. The molecular formula is C32H18O2. The molecule has 0 aliphatic heterocycles. The van der Waals surface area contributed by atoms with Gasteiger partial charge in [0.2, 0.25) is 0 Å². The maximum Gasteiger partial charge on any atom is 0.136 e. The Morgan fingerprint density at radius 2 is 1.00 bits per heavy atom. The SMILES string of the molecule is [2H]c1c([2H])c([2H])c2c(oc3c([2H])c([2H])c4oc5c([2H])c(-c6c7c([2H])c([2H])c([2H])c([2H])c7c([2H])c7c([2H])c([2H])c([2H])c([2H])c67)c([2H])c([2H])c5c4c32)c1[2H]. The smallest absolute Gasteiger partial charge is 0.136 e. The largest absolute Gasteiger partial charge is 0.456 e. The van der Waals surface area contributed by atoms with Crippen LogP contribution < -0.4 is 0 Å². The Labute approximate surface area is 219 Å². The molecule has 2 heterocycles. The maximum absolute atomic E-state index is 9.41. The average molecular weight is 453 g/mol. The number of benzene rings is 6. The van der Waals surface area contributed by atoms with E-state index in [1.807, 2.05) is 0 Å². The van der Waals surface area contributed by atoms with E-state index >= 15 is 0 Å². The van der Waals surface area contributed by atoms with Crippen LogP contribution in [0.5, 0.6) is 0 Å². The van der Waals surface area contributed by atoms with Crippen molar-refractivity contribution in [1.29, 1.82) is 0 Å². The van der Waals surface area contributed by atoms with Gasteiger partial charge >= 0.3 is 0 Å². The quantitative estimate of drug-likeness (QED) is 0.232. The fourth-order valence-corrected chi connectivity index (χ4v) is 4.31. The molecule has 2 aromatic heterocycles. The first-order valence-electron chi connectivity index (χ1n) is 19.1. The van der Waals surface area contributed by atoms with Crippen molar-refractivity contribution in [3.63, 3.8) is 0 Å². The number of rotatable bonds is 1. The number of furan rings is 2. The molecule has 0 spiro atoms. The van der Waals surface area contributed by atoms with Gasteiger partial charge in [-0.15, -0.1) is 0 Å². The van der Waals surface area contributed by atoms with Crippen LogP contribution in [0.4, 0.5) is 0 Å². The Hall–Kier alpha value is -4.56. The Morgan fingerprint density at radius 1 is 0.441 bits per heavy atom. The van der Waals surface area contributed by atoms with Gasteiger partial charge in [0.15, 0.2) is 0 Å². The third-order valence-corrected chi connectivity index (χ3v) is 5.71. The third-order valence-electron chi connectivity index (χ3n) is 5.71. The molecule has 0 unspecified atom stereocenters. The number of fused-ring (bicyclic) bond motifs is 9. The van der Waals surface area contributed by atoms with Crippen molar-refractivity contribution < 1.29 is 33.5 Å². The van der Waals surface area contributed by atoms with E-state index in [-0.39, 0.29) is 38.3 Å². The molecule has 0 amide bonds. The van der Waals surface area contributed by atoms with Crippen molar-refractivity contribution in [2.24, 2.45) is 0 Å². The molecule has 2 nitrogen and oxygen atoms in total. The fourth-order valence-electron chi connectivity index (χ4n) is 4.31. The van der Waals surface area contributed by atoms with Gasteiger partial charge in [0.1, 0.15) is 22.3 Å². The molecule has 2 heteroatoms. The highest BCUT2D eigenvalue weighted by molar-refractivity contribution is 6.26. The van der Waals surface area contributed by atoms with Crippen LogP contribution in [0.15, 0.2) is 118 Å². The Bertz CT molecular complexity index is 2970. The summed E-state index contributed by atoms with van der Waals surface area (Å²) in [4.78, 5) is 0. The van der Waals surface area contributed by atoms with Crippen LogP contribution >= 0.6 is 0 Å². The summed E-state index contributed by atoms with van der Waals surface area (Å²) in [5.74, 6) is 0. The summed E-state index contributed by atoms with van der Waals surface area (Å²) in [7, 11) is 0. The van der Waals surface area contributed by atoms with E-state index in [1.165, 1.54) is 0 Å². The zero-order valence-electron chi connectivity index (χ0n) is 34.8. The molecule has 34 heavy (non-hydrogen) atoms.